The maximum atomic E-state index is 5.75. The molecule has 96 valence electrons. The van der Waals surface area contributed by atoms with Crippen molar-refractivity contribution in [3.63, 3.8) is 0 Å². The summed E-state index contributed by atoms with van der Waals surface area (Å²) in [4.78, 5) is 0. The van der Waals surface area contributed by atoms with Crippen LogP contribution in [0, 0.1) is 0 Å². The lowest BCUT2D eigenvalue weighted by atomic mass is 10.3. The number of ether oxygens (including phenoxy) is 4. The van der Waals surface area contributed by atoms with Crippen molar-refractivity contribution in [2.24, 2.45) is 0 Å². The molecule has 0 fully saturated rings. The molecular weight excluding hydrogens is 222 g/mol. The Kier molecular flexibility index (Phi) is 6.21. The van der Waals surface area contributed by atoms with E-state index in [2.05, 4.69) is 0 Å². The fourth-order valence-electron chi connectivity index (χ4n) is 1.26. The molecule has 2 N–H and O–H groups in total. The number of methoxy groups -OCH3 is 2. The lowest BCUT2D eigenvalue weighted by Crippen LogP contribution is -2.10. The Morgan fingerprint density at radius 1 is 1.06 bits per heavy atom. The van der Waals surface area contributed by atoms with Gasteiger partial charge in [0.25, 0.3) is 0 Å². The summed E-state index contributed by atoms with van der Waals surface area (Å²) >= 11 is 0. The molecule has 0 saturated heterocycles. The van der Waals surface area contributed by atoms with Crippen LogP contribution in [-0.4, -0.2) is 40.6 Å². The summed E-state index contributed by atoms with van der Waals surface area (Å²) in [6, 6.07) is 5.31. The van der Waals surface area contributed by atoms with Gasteiger partial charge in [0, 0.05) is 13.2 Å². The fourth-order valence-corrected chi connectivity index (χ4v) is 1.26. The molecule has 1 aromatic carbocycles. The summed E-state index contributed by atoms with van der Waals surface area (Å²) in [6.45, 7) is 2.17. The Morgan fingerprint density at radius 3 is 2.47 bits per heavy atom. The highest BCUT2D eigenvalue weighted by Crippen LogP contribution is 2.25. The first kappa shape index (κ1) is 13.6. The van der Waals surface area contributed by atoms with Gasteiger partial charge in [0.2, 0.25) is 0 Å². The van der Waals surface area contributed by atoms with Gasteiger partial charge < -0.3 is 24.7 Å². The van der Waals surface area contributed by atoms with E-state index in [-0.39, 0.29) is 0 Å². The molecule has 1 rings (SSSR count). The molecule has 0 bridgehead atoms. The molecule has 0 heterocycles. The molecule has 0 radical (unpaired) electrons. The van der Waals surface area contributed by atoms with Crippen LogP contribution in [0.2, 0.25) is 0 Å². The van der Waals surface area contributed by atoms with Crippen molar-refractivity contribution in [1.82, 2.24) is 0 Å². The summed E-state index contributed by atoms with van der Waals surface area (Å²) in [6.07, 6.45) is 0. The van der Waals surface area contributed by atoms with Crippen LogP contribution in [0.3, 0.4) is 0 Å². The summed E-state index contributed by atoms with van der Waals surface area (Å²) in [5.41, 5.74) is 6.31. The number of rotatable bonds is 8. The molecule has 0 amide bonds. The largest absolute Gasteiger partial charge is 0.495 e. The van der Waals surface area contributed by atoms with E-state index in [4.69, 9.17) is 24.7 Å². The quantitative estimate of drug-likeness (QED) is 0.549. The molecule has 0 unspecified atom stereocenters. The smallest absolute Gasteiger partial charge is 0.142 e. The Balaban J connectivity index is 2.25. The lowest BCUT2D eigenvalue weighted by molar-refractivity contribution is 0.0544. The second-order valence-corrected chi connectivity index (χ2v) is 3.36. The third-order valence-electron chi connectivity index (χ3n) is 2.13. The zero-order chi connectivity index (χ0) is 12.5. The first-order valence-electron chi connectivity index (χ1n) is 5.41. The Labute approximate surface area is 101 Å². The molecule has 5 nitrogen and oxygen atoms in total. The third-order valence-corrected chi connectivity index (χ3v) is 2.13. The van der Waals surface area contributed by atoms with E-state index in [1.54, 1.807) is 26.4 Å². The van der Waals surface area contributed by atoms with Crippen LogP contribution in [0.5, 0.6) is 11.5 Å². The lowest BCUT2D eigenvalue weighted by Gasteiger charge is -2.09. The number of hydrogen-bond acceptors (Lipinski definition) is 5. The van der Waals surface area contributed by atoms with Crippen LogP contribution in [0.15, 0.2) is 18.2 Å². The Morgan fingerprint density at radius 2 is 1.82 bits per heavy atom. The van der Waals surface area contributed by atoms with E-state index >= 15 is 0 Å². The average Bonchev–Trinajstić information content (AvgIpc) is 2.34. The van der Waals surface area contributed by atoms with Gasteiger partial charge in [-0.15, -0.1) is 0 Å². The zero-order valence-corrected chi connectivity index (χ0v) is 10.3. The Bertz CT molecular complexity index is 330. The summed E-state index contributed by atoms with van der Waals surface area (Å²) in [7, 11) is 3.22. The number of nitrogens with two attached hydrogens (primary N) is 1. The first-order chi connectivity index (χ1) is 8.27. The second kappa shape index (κ2) is 7.76. The molecule has 0 aromatic heterocycles. The highest BCUT2D eigenvalue weighted by Gasteiger charge is 2.01. The molecule has 17 heavy (non-hydrogen) atoms. The van der Waals surface area contributed by atoms with E-state index in [1.807, 2.05) is 6.07 Å². The number of benzene rings is 1. The minimum Gasteiger partial charge on any atom is -0.495 e. The van der Waals surface area contributed by atoms with Crippen molar-refractivity contribution in [1.29, 1.82) is 0 Å². The van der Waals surface area contributed by atoms with Crippen molar-refractivity contribution in [2.45, 2.75) is 0 Å². The fraction of sp³-hybridized carbons (Fsp3) is 0.500. The summed E-state index contributed by atoms with van der Waals surface area (Å²) < 4.78 is 20.6. The van der Waals surface area contributed by atoms with Crippen LogP contribution in [0.25, 0.3) is 0 Å². The number of nitrogen functional groups attached to an aromatic ring is 1. The average molecular weight is 241 g/mol. The maximum Gasteiger partial charge on any atom is 0.142 e. The minimum atomic E-state index is 0.482. The van der Waals surface area contributed by atoms with Crippen LogP contribution < -0.4 is 15.2 Å². The molecule has 0 aliphatic carbocycles. The van der Waals surface area contributed by atoms with Crippen LogP contribution in [-0.2, 0) is 9.47 Å². The van der Waals surface area contributed by atoms with Gasteiger partial charge in [-0.25, -0.2) is 0 Å². The van der Waals surface area contributed by atoms with Crippen molar-refractivity contribution in [2.75, 3.05) is 46.4 Å². The van der Waals surface area contributed by atoms with Gasteiger partial charge in [-0.05, 0) is 12.1 Å². The van der Waals surface area contributed by atoms with Crippen LogP contribution in [0.4, 0.5) is 5.69 Å². The van der Waals surface area contributed by atoms with Crippen molar-refractivity contribution in [3.05, 3.63) is 18.2 Å². The highest BCUT2D eigenvalue weighted by molar-refractivity contribution is 5.56. The van der Waals surface area contributed by atoms with Crippen LogP contribution in [0.1, 0.15) is 0 Å². The highest BCUT2D eigenvalue weighted by atomic mass is 16.5. The monoisotopic (exact) mass is 241 g/mol. The maximum absolute atomic E-state index is 5.75. The molecule has 0 saturated carbocycles. The Hall–Kier alpha value is -1.46. The van der Waals surface area contributed by atoms with Gasteiger partial charge in [0.05, 0.1) is 32.6 Å². The summed E-state index contributed by atoms with van der Waals surface area (Å²) in [5, 5.41) is 0. The first-order valence-corrected chi connectivity index (χ1v) is 5.41. The SMILES string of the molecule is COCCOCCOc1ccc(OC)c(N)c1. The molecule has 0 atom stereocenters. The minimum absolute atomic E-state index is 0.482. The van der Waals surface area contributed by atoms with Crippen molar-refractivity contribution < 1.29 is 18.9 Å². The molecule has 0 aliphatic rings. The zero-order valence-electron chi connectivity index (χ0n) is 10.3. The van der Waals surface area contributed by atoms with E-state index < -0.39 is 0 Å². The van der Waals surface area contributed by atoms with Gasteiger partial charge in [-0.1, -0.05) is 0 Å². The van der Waals surface area contributed by atoms with E-state index in [9.17, 15) is 0 Å². The van der Waals surface area contributed by atoms with E-state index in [1.165, 1.54) is 0 Å². The third kappa shape index (κ3) is 4.93. The molecule has 0 aliphatic heterocycles. The van der Waals surface area contributed by atoms with E-state index in [0.717, 1.165) is 0 Å². The number of hydrogen-bond donors (Lipinski definition) is 1. The summed E-state index contributed by atoms with van der Waals surface area (Å²) in [5.74, 6) is 1.35. The standard InChI is InChI=1S/C12H19NO4/c1-14-5-6-16-7-8-17-10-3-4-12(15-2)11(13)9-10/h3-4,9H,5-8,13H2,1-2H3. The van der Waals surface area contributed by atoms with Gasteiger partial charge in [0.1, 0.15) is 18.1 Å². The molecule has 0 spiro atoms. The van der Waals surface area contributed by atoms with E-state index in [0.29, 0.717) is 43.6 Å². The predicted molar refractivity (Wildman–Crippen MR) is 65.6 cm³/mol. The van der Waals surface area contributed by atoms with Gasteiger partial charge in [-0.2, -0.15) is 0 Å². The van der Waals surface area contributed by atoms with Gasteiger partial charge >= 0.3 is 0 Å². The normalized spacial score (nSPS) is 10.2. The van der Waals surface area contributed by atoms with Crippen molar-refractivity contribution >= 4 is 5.69 Å². The van der Waals surface area contributed by atoms with Gasteiger partial charge in [-0.3, -0.25) is 0 Å². The molecule has 5 heteroatoms. The molecule has 1 aromatic rings. The van der Waals surface area contributed by atoms with Gasteiger partial charge in [0.15, 0.2) is 0 Å². The topological polar surface area (TPSA) is 62.9 Å². The molecular formula is C12H19NO4. The second-order valence-electron chi connectivity index (χ2n) is 3.36. The van der Waals surface area contributed by atoms with Crippen LogP contribution >= 0.6 is 0 Å². The predicted octanol–water partition coefficient (Wildman–Crippen LogP) is 1.32. The van der Waals surface area contributed by atoms with Crippen molar-refractivity contribution in [3.8, 4) is 11.5 Å². The number of anilines is 1.